The van der Waals surface area contributed by atoms with Crippen molar-refractivity contribution in [3.8, 4) is 0 Å². The van der Waals surface area contributed by atoms with Crippen molar-refractivity contribution < 1.29 is 4.39 Å². The largest absolute Gasteiger partial charge is 0.271 e. The van der Waals surface area contributed by atoms with E-state index in [4.69, 9.17) is 5.84 Å². The van der Waals surface area contributed by atoms with Crippen LogP contribution in [0.15, 0.2) is 41.3 Å². The number of hydrogen-bond donors (Lipinski definition) is 2. The van der Waals surface area contributed by atoms with Crippen LogP contribution in [0.3, 0.4) is 0 Å². The Morgan fingerprint density at radius 1 is 1.10 bits per heavy atom. The molecule has 2 aromatic carbocycles. The summed E-state index contributed by atoms with van der Waals surface area (Å²) in [6.07, 6.45) is 0. The second kappa shape index (κ2) is 7.07. The molecule has 2 nitrogen and oxygen atoms in total. The van der Waals surface area contributed by atoms with Crippen LogP contribution >= 0.6 is 11.8 Å². The number of aryl methyl sites for hydroxylation is 3. The van der Waals surface area contributed by atoms with Gasteiger partial charge in [-0.15, -0.1) is 11.8 Å². The zero-order valence-electron chi connectivity index (χ0n) is 12.6. The highest BCUT2D eigenvalue weighted by Crippen LogP contribution is 2.28. The Labute approximate surface area is 129 Å². The summed E-state index contributed by atoms with van der Waals surface area (Å²) < 4.78 is 13.2. The van der Waals surface area contributed by atoms with Gasteiger partial charge < -0.3 is 0 Å². The third-order valence-electron chi connectivity index (χ3n) is 3.67. The van der Waals surface area contributed by atoms with Crippen LogP contribution in [0, 0.1) is 26.6 Å². The van der Waals surface area contributed by atoms with Crippen LogP contribution in [-0.2, 0) is 0 Å². The molecule has 1 atom stereocenters. The lowest BCUT2D eigenvalue weighted by molar-refractivity contribution is 0.606. The number of thioether (sulfide) groups is 1. The third-order valence-corrected chi connectivity index (χ3v) is 4.76. The van der Waals surface area contributed by atoms with Crippen molar-refractivity contribution in [1.82, 2.24) is 5.43 Å². The van der Waals surface area contributed by atoms with Gasteiger partial charge in [-0.2, -0.15) is 0 Å². The first-order chi connectivity index (χ1) is 10.0. The lowest BCUT2D eigenvalue weighted by atomic mass is 9.97. The van der Waals surface area contributed by atoms with E-state index in [-0.39, 0.29) is 11.9 Å². The molecule has 2 aromatic rings. The van der Waals surface area contributed by atoms with Crippen molar-refractivity contribution in [2.75, 3.05) is 5.75 Å². The second-order valence-electron chi connectivity index (χ2n) is 5.28. The molecule has 112 valence electrons. The van der Waals surface area contributed by atoms with Gasteiger partial charge in [-0.1, -0.05) is 18.2 Å². The van der Waals surface area contributed by atoms with E-state index in [9.17, 15) is 4.39 Å². The summed E-state index contributed by atoms with van der Waals surface area (Å²) in [5.41, 5.74) is 7.84. The van der Waals surface area contributed by atoms with Gasteiger partial charge in [0, 0.05) is 10.6 Å². The van der Waals surface area contributed by atoms with Gasteiger partial charge in [0.2, 0.25) is 0 Å². The maximum atomic E-state index is 13.2. The van der Waals surface area contributed by atoms with Crippen molar-refractivity contribution in [3.05, 3.63) is 64.5 Å². The monoisotopic (exact) mass is 304 g/mol. The van der Waals surface area contributed by atoms with Crippen LogP contribution in [0.25, 0.3) is 0 Å². The molecule has 1 unspecified atom stereocenters. The lowest BCUT2D eigenvalue weighted by Crippen LogP contribution is -2.30. The predicted molar refractivity (Wildman–Crippen MR) is 87.8 cm³/mol. The van der Waals surface area contributed by atoms with E-state index >= 15 is 0 Å². The molecule has 0 bridgehead atoms. The first-order valence-electron chi connectivity index (χ1n) is 6.93. The van der Waals surface area contributed by atoms with E-state index in [1.54, 1.807) is 23.9 Å². The Kier molecular flexibility index (Phi) is 5.39. The molecule has 21 heavy (non-hydrogen) atoms. The lowest BCUT2D eigenvalue weighted by Gasteiger charge is -2.20. The van der Waals surface area contributed by atoms with Crippen molar-refractivity contribution in [2.24, 2.45) is 5.84 Å². The molecule has 0 saturated carbocycles. The first kappa shape index (κ1) is 16.0. The van der Waals surface area contributed by atoms with E-state index in [0.29, 0.717) is 0 Å². The van der Waals surface area contributed by atoms with Gasteiger partial charge in [-0.05, 0) is 61.2 Å². The van der Waals surface area contributed by atoms with E-state index in [2.05, 4.69) is 38.3 Å². The Balaban J connectivity index is 2.15. The molecule has 0 spiro atoms. The summed E-state index contributed by atoms with van der Waals surface area (Å²) in [5, 5.41) is 0. The zero-order chi connectivity index (χ0) is 15.4. The van der Waals surface area contributed by atoms with E-state index < -0.39 is 0 Å². The molecular formula is C17H21FN2S. The standard InChI is InChI=1S/C17H21FN2S/c1-11-7-13(3)16(8-12(11)2)17(20-19)10-21-15-6-4-5-14(18)9-15/h4-9,17,20H,10,19H2,1-3H3. The number of nitrogens with two attached hydrogens (primary N) is 1. The van der Waals surface area contributed by atoms with Crippen molar-refractivity contribution in [3.63, 3.8) is 0 Å². The maximum absolute atomic E-state index is 13.2. The number of nitrogens with one attached hydrogen (secondary N) is 1. The summed E-state index contributed by atoms with van der Waals surface area (Å²) in [6.45, 7) is 6.31. The predicted octanol–water partition coefficient (Wildman–Crippen LogP) is 4.05. The van der Waals surface area contributed by atoms with Gasteiger partial charge in [0.25, 0.3) is 0 Å². The van der Waals surface area contributed by atoms with Crippen molar-refractivity contribution in [2.45, 2.75) is 31.7 Å². The molecule has 0 aromatic heterocycles. The second-order valence-corrected chi connectivity index (χ2v) is 6.37. The Morgan fingerprint density at radius 3 is 2.48 bits per heavy atom. The number of benzene rings is 2. The van der Waals surface area contributed by atoms with Crippen molar-refractivity contribution in [1.29, 1.82) is 0 Å². The Morgan fingerprint density at radius 2 is 1.81 bits per heavy atom. The number of halogens is 1. The smallest absolute Gasteiger partial charge is 0.124 e. The normalized spacial score (nSPS) is 12.4. The zero-order valence-corrected chi connectivity index (χ0v) is 13.4. The van der Waals surface area contributed by atoms with E-state index in [0.717, 1.165) is 10.6 Å². The highest BCUT2D eigenvalue weighted by atomic mass is 32.2. The number of hydrazine groups is 1. The van der Waals surface area contributed by atoms with Crippen LogP contribution in [0.4, 0.5) is 4.39 Å². The fraction of sp³-hybridized carbons (Fsp3) is 0.294. The third kappa shape index (κ3) is 4.06. The minimum atomic E-state index is -0.209. The fourth-order valence-electron chi connectivity index (χ4n) is 2.32. The van der Waals surface area contributed by atoms with Crippen LogP contribution < -0.4 is 11.3 Å². The fourth-order valence-corrected chi connectivity index (χ4v) is 3.33. The molecule has 0 fully saturated rings. The number of hydrogen-bond acceptors (Lipinski definition) is 3. The molecule has 2 rings (SSSR count). The quantitative estimate of drug-likeness (QED) is 0.497. The van der Waals surface area contributed by atoms with Crippen molar-refractivity contribution >= 4 is 11.8 Å². The summed E-state index contributed by atoms with van der Waals surface area (Å²) in [5.74, 6) is 6.26. The summed E-state index contributed by atoms with van der Waals surface area (Å²) in [7, 11) is 0. The van der Waals surface area contributed by atoms with Crippen LogP contribution in [0.5, 0.6) is 0 Å². The van der Waals surface area contributed by atoms with Crippen LogP contribution in [-0.4, -0.2) is 5.75 Å². The van der Waals surface area contributed by atoms with Gasteiger partial charge in [0.1, 0.15) is 5.82 Å². The minimum absolute atomic E-state index is 0.0394. The van der Waals surface area contributed by atoms with E-state index in [1.807, 2.05) is 6.07 Å². The molecule has 0 aliphatic heterocycles. The molecule has 0 aliphatic carbocycles. The van der Waals surface area contributed by atoms with Gasteiger partial charge in [0.05, 0.1) is 6.04 Å². The molecule has 0 saturated heterocycles. The number of rotatable bonds is 5. The van der Waals surface area contributed by atoms with Crippen LogP contribution in [0.1, 0.15) is 28.3 Å². The Bertz CT molecular complexity index is 628. The highest BCUT2D eigenvalue weighted by Gasteiger charge is 2.14. The molecule has 0 heterocycles. The summed E-state index contributed by atoms with van der Waals surface area (Å²) in [6, 6.07) is 11.0. The highest BCUT2D eigenvalue weighted by molar-refractivity contribution is 7.99. The topological polar surface area (TPSA) is 38.0 Å². The Hall–Kier alpha value is -1.36. The van der Waals surface area contributed by atoms with Crippen LogP contribution in [0.2, 0.25) is 0 Å². The summed E-state index contributed by atoms with van der Waals surface area (Å²) in [4.78, 5) is 0.914. The average Bonchev–Trinajstić information content (AvgIpc) is 2.45. The molecule has 0 aliphatic rings. The average molecular weight is 304 g/mol. The molecular weight excluding hydrogens is 283 g/mol. The van der Waals surface area contributed by atoms with Gasteiger partial charge in [0.15, 0.2) is 0 Å². The molecule has 3 N–H and O–H groups in total. The van der Waals surface area contributed by atoms with Gasteiger partial charge in [-0.3, -0.25) is 11.3 Å². The minimum Gasteiger partial charge on any atom is -0.271 e. The maximum Gasteiger partial charge on any atom is 0.124 e. The molecule has 4 heteroatoms. The first-order valence-corrected chi connectivity index (χ1v) is 7.92. The van der Waals surface area contributed by atoms with Gasteiger partial charge >= 0.3 is 0 Å². The molecule has 0 amide bonds. The van der Waals surface area contributed by atoms with E-state index in [1.165, 1.54) is 28.3 Å². The summed E-state index contributed by atoms with van der Waals surface area (Å²) >= 11 is 1.60. The molecule has 0 radical (unpaired) electrons. The van der Waals surface area contributed by atoms with Gasteiger partial charge in [-0.25, -0.2) is 4.39 Å². The SMILES string of the molecule is Cc1cc(C)c(C(CSc2cccc(F)c2)NN)cc1C.